The number of aliphatic carboxylic acids is 1. The molecule has 3 atom stereocenters. The van der Waals surface area contributed by atoms with E-state index in [1.54, 1.807) is 4.90 Å². The van der Waals surface area contributed by atoms with Gasteiger partial charge in [0.2, 0.25) is 0 Å². The Kier molecular flexibility index (Phi) is 3.25. The number of urea groups is 1. The van der Waals surface area contributed by atoms with Crippen LogP contribution in [0.4, 0.5) is 4.79 Å². The number of hydrogen-bond acceptors (Lipinski definition) is 2. The van der Waals surface area contributed by atoms with Crippen molar-refractivity contribution in [2.45, 2.75) is 39.7 Å². The minimum Gasteiger partial charge on any atom is -0.481 e. The Morgan fingerprint density at radius 3 is 2.50 bits per heavy atom. The lowest BCUT2D eigenvalue weighted by atomic mass is 10.0. The standard InChI is InChI=1S/C13H22N2O3/c1-8-10(11(16)17)4-5-15(8)12(18)14-7-9-6-13(9,2)3/h8-10H,4-7H2,1-3H3,(H,14,18)(H,16,17). The molecule has 2 aliphatic rings. The summed E-state index contributed by atoms with van der Waals surface area (Å²) in [5, 5.41) is 11.9. The van der Waals surface area contributed by atoms with Gasteiger partial charge in [-0.3, -0.25) is 4.79 Å². The maximum Gasteiger partial charge on any atom is 0.317 e. The van der Waals surface area contributed by atoms with Gasteiger partial charge in [-0.1, -0.05) is 13.8 Å². The van der Waals surface area contributed by atoms with Crippen LogP contribution >= 0.6 is 0 Å². The van der Waals surface area contributed by atoms with Gasteiger partial charge in [-0.05, 0) is 31.1 Å². The highest BCUT2D eigenvalue weighted by atomic mass is 16.4. The zero-order valence-electron chi connectivity index (χ0n) is 11.3. The Balaban J connectivity index is 1.81. The van der Waals surface area contributed by atoms with E-state index in [4.69, 9.17) is 5.11 Å². The molecule has 1 saturated carbocycles. The van der Waals surface area contributed by atoms with Gasteiger partial charge in [-0.2, -0.15) is 0 Å². The number of carbonyl (C=O) groups excluding carboxylic acids is 1. The van der Waals surface area contributed by atoms with Crippen LogP contribution in [0.5, 0.6) is 0 Å². The van der Waals surface area contributed by atoms with Crippen LogP contribution in [0.25, 0.3) is 0 Å². The van der Waals surface area contributed by atoms with Gasteiger partial charge in [0.1, 0.15) is 0 Å². The van der Waals surface area contributed by atoms with Crippen LogP contribution in [-0.4, -0.2) is 41.1 Å². The normalized spacial score (nSPS) is 33.3. The molecule has 0 bridgehead atoms. The van der Waals surface area contributed by atoms with E-state index in [1.807, 2.05) is 6.92 Å². The molecule has 0 spiro atoms. The monoisotopic (exact) mass is 254 g/mol. The van der Waals surface area contributed by atoms with E-state index in [9.17, 15) is 9.59 Å². The van der Waals surface area contributed by atoms with Gasteiger partial charge in [0.15, 0.2) is 0 Å². The summed E-state index contributed by atoms with van der Waals surface area (Å²) in [6.07, 6.45) is 1.71. The summed E-state index contributed by atoms with van der Waals surface area (Å²) in [6.45, 7) is 7.45. The number of amides is 2. The molecule has 0 aromatic carbocycles. The molecule has 102 valence electrons. The number of rotatable bonds is 3. The van der Waals surface area contributed by atoms with Crippen LogP contribution in [0, 0.1) is 17.3 Å². The molecule has 3 unspecified atom stereocenters. The molecule has 2 N–H and O–H groups in total. The molecule has 1 heterocycles. The largest absolute Gasteiger partial charge is 0.481 e. The summed E-state index contributed by atoms with van der Waals surface area (Å²) in [7, 11) is 0. The van der Waals surface area contributed by atoms with Gasteiger partial charge in [-0.25, -0.2) is 4.79 Å². The fourth-order valence-corrected chi connectivity index (χ4v) is 2.79. The first-order chi connectivity index (χ1) is 8.33. The van der Waals surface area contributed by atoms with Crippen molar-refractivity contribution in [2.24, 2.45) is 17.3 Å². The van der Waals surface area contributed by atoms with Crippen LogP contribution in [0.3, 0.4) is 0 Å². The molecule has 2 rings (SSSR count). The van der Waals surface area contributed by atoms with Crippen molar-refractivity contribution in [3.63, 3.8) is 0 Å². The predicted octanol–water partition coefficient (Wildman–Crippen LogP) is 1.54. The van der Waals surface area contributed by atoms with Crippen LogP contribution in [0.1, 0.15) is 33.6 Å². The minimum atomic E-state index is -0.805. The lowest BCUT2D eigenvalue weighted by Crippen LogP contribution is -2.44. The Morgan fingerprint density at radius 2 is 2.06 bits per heavy atom. The third-order valence-corrected chi connectivity index (χ3v) is 4.55. The van der Waals surface area contributed by atoms with Crippen LogP contribution in [0.15, 0.2) is 0 Å². The molecule has 0 aromatic rings. The molecule has 1 aliphatic heterocycles. The summed E-state index contributed by atoms with van der Waals surface area (Å²) in [5.74, 6) is -0.663. The van der Waals surface area contributed by atoms with Crippen LogP contribution in [-0.2, 0) is 4.79 Å². The average Bonchev–Trinajstić information content (AvgIpc) is 2.69. The lowest BCUT2D eigenvalue weighted by molar-refractivity contribution is -0.142. The Morgan fingerprint density at radius 1 is 1.44 bits per heavy atom. The molecule has 1 saturated heterocycles. The molecule has 1 aliphatic carbocycles. The van der Waals surface area contributed by atoms with Crippen molar-refractivity contribution in [1.29, 1.82) is 0 Å². The van der Waals surface area contributed by atoms with E-state index in [0.29, 0.717) is 30.8 Å². The molecule has 2 fully saturated rings. The smallest absolute Gasteiger partial charge is 0.317 e. The second-order valence-corrected chi connectivity index (χ2v) is 6.24. The van der Waals surface area contributed by atoms with Gasteiger partial charge in [0, 0.05) is 19.1 Å². The highest BCUT2D eigenvalue weighted by Gasteiger charge is 2.46. The van der Waals surface area contributed by atoms with Crippen molar-refractivity contribution in [1.82, 2.24) is 10.2 Å². The molecule has 5 heteroatoms. The third kappa shape index (κ3) is 2.44. The molecular weight excluding hydrogens is 232 g/mol. The number of carboxylic acid groups (broad SMARTS) is 1. The maximum atomic E-state index is 12.0. The number of carbonyl (C=O) groups is 2. The summed E-state index contributed by atoms with van der Waals surface area (Å²) >= 11 is 0. The molecule has 18 heavy (non-hydrogen) atoms. The van der Waals surface area contributed by atoms with Gasteiger partial charge >= 0.3 is 12.0 Å². The zero-order valence-corrected chi connectivity index (χ0v) is 11.3. The topological polar surface area (TPSA) is 69.6 Å². The maximum absolute atomic E-state index is 12.0. The van der Waals surface area contributed by atoms with Crippen LogP contribution < -0.4 is 5.32 Å². The van der Waals surface area contributed by atoms with Crippen molar-refractivity contribution in [2.75, 3.05) is 13.1 Å². The van der Waals surface area contributed by atoms with Gasteiger partial charge in [0.05, 0.1) is 5.92 Å². The molecule has 2 amide bonds. The fraction of sp³-hybridized carbons (Fsp3) is 0.846. The van der Waals surface area contributed by atoms with E-state index in [1.165, 1.54) is 0 Å². The zero-order chi connectivity index (χ0) is 13.5. The quantitative estimate of drug-likeness (QED) is 0.802. The van der Waals surface area contributed by atoms with E-state index < -0.39 is 11.9 Å². The third-order valence-electron chi connectivity index (χ3n) is 4.55. The predicted molar refractivity (Wildman–Crippen MR) is 67.2 cm³/mol. The highest BCUT2D eigenvalue weighted by Crippen LogP contribution is 2.51. The summed E-state index contributed by atoms with van der Waals surface area (Å²) < 4.78 is 0. The Hall–Kier alpha value is -1.26. The SMILES string of the molecule is CC1C(C(=O)O)CCN1C(=O)NCC1CC1(C)C. The number of nitrogens with zero attached hydrogens (tertiary/aromatic N) is 1. The van der Waals surface area contributed by atoms with Gasteiger partial charge < -0.3 is 15.3 Å². The van der Waals surface area contributed by atoms with Crippen molar-refractivity contribution in [3.05, 3.63) is 0 Å². The van der Waals surface area contributed by atoms with E-state index >= 15 is 0 Å². The molecular formula is C13H22N2O3. The summed E-state index contributed by atoms with van der Waals surface area (Å²) in [5.41, 5.74) is 0.355. The summed E-state index contributed by atoms with van der Waals surface area (Å²) in [6, 6.07) is -0.330. The minimum absolute atomic E-state index is 0.117. The number of likely N-dealkylation sites (tertiary alicyclic amines) is 1. The molecule has 0 aromatic heterocycles. The van der Waals surface area contributed by atoms with Crippen molar-refractivity contribution in [3.8, 4) is 0 Å². The van der Waals surface area contributed by atoms with Crippen molar-refractivity contribution >= 4 is 12.0 Å². The van der Waals surface area contributed by atoms with Crippen molar-refractivity contribution < 1.29 is 14.7 Å². The fourth-order valence-electron chi connectivity index (χ4n) is 2.79. The lowest BCUT2D eigenvalue weighted by Gasteiger charge is -2.23. The second kappa shape index (κ2) is 4.44. The average molecular weight is 254 g/mol. The van der Waals surface area contributed by atoms with Gasteiger partial charge in [-0.15, -0.1) is 0 Å². The number of carboxylic acids is 1. The first kappa shape index (κ1) is 13.2. The van der Waals surface area contributed by atoms with E-state index in [2.05, 4.69) is 19.2 Å². The Labute approximate surface area is 108 Å². The summed E-state index contributed by atoms with van der Waals surface area (Å²) in [4.78, 5) is 24.6. The van der Waals surface area contributed by atoms with Gasteiger partial charge in [0.25, 0.3) is 0 Å². The number of hydrogen-bond donors (Lipinski definition) is 2. The Bertz CT molecular complexity index is 367. The second-order valence-electron chi connectivity index (χ2n) is 6.24. The van der Waals surface area contributed by atoms with E-state index in [0.717, 1.165) is 6.42 Å². The van der Waals surface area contributed by atoms with Crippen LogP contribution in [0.2, 0.25) is 0 Å². The highest BCUT2D eigenvalue weighted by molar-refractivity contribution is 5.78. The number of nitrogens with one attached hydrogen (secondary N) is 1. The molecule has 5 nitrogen and oxygen atoms in total. The first-order valence-electron chi connectivity index (χ1n) is 6.60. The first-order valence-corrected chi connectivity index (χ1v) is 6.60. The molecule has 0 radical (unpaired) electrons. The van der Waals surface area contributed by atoms with E-state index in [-0.39, 0.29) is 12.1 Å².